The van der Waals surface area contributed by atoms with E-state index in [4.69, 9.17) is 4.42 Å². The molecule has 0 aliphatic heterocycles. The van der Waals surface area contributed by atoms with E-state index in [0.717, 1.165) is 23.6 Å². The number of nitrogens with one attached hydrogen (secondary N) is 2. The number of aromatic amines is 1. The molecule has 9 heteroatoms. The summed E-state index contributed by atoms with van der Waals surface area (Å²) in [6.45, 7) is 1.90. The van der Waals surface area contributed by atoms with Crippen molar-refractivity contribution in [2.75, 3.05) is 0 Å². The molecule has 0 aliphatic rings. The first-order chi connectivity index (χ1) is 11.5. The fourth-order valence-corrected chi connectivity index (χ4v) is 1.96. The van der Waals surface area contributed by atoms with E-state index in [-0.39, 0.29) is 18.0 Å². The van der Waals surface area contributed by atoms with Crippen molar-refractivity contribution < 1.29 is 14.3 Å². The van der Waals surface area contributed by atoms with Crippen LogP contribution < -0.4 is 16.7 Å². The van der Waals surface area contributed by atoms with Crippen LogP contribution in [0.5, 0.6) is 5.88 Å². The lowest BCUT2D eigenvalue weighted by atomic mass is 10.2. The van der Waals surface area contributed by atoms with Gasteiger partial charge >= 0.3 is 5.69 Å². The molecule has 0 unspecified atom stereocenters. The van der Waals surface area contributed by atoms with Crippen LogP contribution in [0.3, 0.4) is 0 Å². The van der Waals surface area contributed by atoms with Crippen molar-refractivity contribution in [3.63, 3.8) is 0 Å². The highest BCUT2D eigenvalue weighted by atomic mass is 16.3. The quantitative estimate of drug-likeness (QED) is 0.502. The Balaban J connectivity index is 2.22. The van der Waals surface area contributed by atoms with E-state index in [1.165, 1.54) is 6.26 Å². The third-order valence-electron chi connectivity index (χ3n) is 3.24. The number of hydrogen-bond acceptors (Lipinski definition) is 6. The van der Waals surface area contributed by atoms with Gasteiger partial charge in [-0.05, 0) is 18.6 Å². The van der Waals surface area contributed by atoms with Gasteiger partial charge in [0.25, 0.3) is 5.56 Å². The number of furan rings is 1. The molecule has 0 aromatic carbocycles. The number of amides is 1. The van der Waals surface area contributed by atoms with E-state index in [1.807, 2.05) is 6.92 Å². The van der Waals surface area contributed by atoms with Crippen molar-refractivity contribution in [3.05, 3.63) is 50.6 Å². The number of carbonyl (C=O) groups excluding carboxylic acids is 1. The molecule has 24 heavy (non-hydrogen) atoms. The molecule has 0 spiro atoms. The van der Waals surface area contributed by atoms with E-state index >= 15 is 0 Å². The van der Waals surface area contributed by atoms with E-state index in [1.54, 1.807) is 12.1 Å². The number of hydrazone groups is 1. The van der Waals surface area contributed by atoms with Gasteiger partial charge < -0.3 is 9.52 Å². The smallest absolute Gasteiger partial charge is 0.331 e. The van der Waals surface area contributed by atoms with Crippen molar-refractivity contribution in [1.29, 1.82) is 0 Å². The lowest BCUT2D eigenvalue weighted by Crippen LogP contribution is -2.32. The van der Waals surface area contributed by atoms with Gasteiger partial charge in [0.1, 0.15) is 11.3 Å². The van der Waals surface area contributed by atoms with Gasteiger partial charge in [0.2, 0.25) is 11.8 Å². The Labute approximate surface area is 136 Å². The Kier molecular flexibility index (Phi) is 5.72. The highest BCUT2D eigenvalue weighted by molar-refractivity contribution is 5.83. The van der Waals surface area contributed by atoms with Gasteiger partial charge in [0.15, 0.2) is 0 Å². The number of unbranched alkanes of at least 4 members (excludes halogenated alkanes) is 1. The van der Waals surface area contributed by atoms with Gasteiger partial charge in [0.05, 0.1) is 19.0 Å². The molecule has 2 rings (SSSR count). The number of H-pyrrole nitrogens is 1. The second-order valence-electron chi connectivity index (χ2n) is 5.06. The summed E-state index contributed by atoms with van der Waals surface area (Å²) < 4.78 is 6.05. The maximum atomic E-state index is 11.8. The average Bonchev–Trinajstić information content (AvgIpc) is 3.05. The number of nitrogens with zero attached hydrogens (tertiary/aromatic N) is 2. The Morgan fingerprint density at radius 1 is 1.50 bits per heavy atom. The number of aromatic hydroxyl groups is 1. The van der Waals surface area contributed by atoms with Crippen LogP contribution in [0.15, 0.2) is 37.5 Å². The van der Waals surface area contributed by atoms with Crippen LogP contribution in [0, 0.1) is 0 Å². The minimum absolute atomic E-state index is 0.0574. The summed E-state index contributed by atoms with van der Waals surface area (Å²) in [5.74, 6) is -0.435. The molecule has 128 valence electrons. The second-order valence-corrected chi connectivity index (χ2v) is 5.06. The summed E-state index contributed by atoms with van der Waals surface area (Å²) >= 11 is 0. The van der Waals surface area contributed by atoms with Gasteiger partial charge in [-0.2, -0.15) is 5.10 Å². The van der Waals surface area contributed by atoms with Crippen molar-refractivity contribution in [2.24, 2.45) is 5.10 Å². The van der Waals surface area contributed by atoms with E-state index in [9.17, 15) is 19.5 Å². The van der Waals surface area contributed by atoms with Crippen molar-refractivity contribution in [3.8, 4) is 5.88 Å². The maximum absolute atomic E-state index is 11.8. The van der Waals surface area contributed by atoms with E-state index in [2.05, 4.69) is 15.5 Å². The molecule has 2 aromatic heterocycles. The van der Waals surface area contributed by atoms with Gasteiger partial charge in [-0.25, -0.2) is 10.2 Å². The normalized spacial score (nSPS) is 11.0. The van der Waals surface area contributed by atoms with Gasteiger partial charge in [-0.3, -0.25) is 19.1 Å². The van der Waals surface area contributed by atoms with Crippen LogP contribution in [-0.2, 0) is 11.3 Å². The third kappa shape index (κ3) is 4.22. The number of rotatable bonds is 7. The molecule has 3 N–H and O–H groups in total. The molecule has 0 aliphatic carbocycles. The Morgan fingerprint density at radius 2 is 2.29 bits per heavy atom. The Hall–Kier alpha value is -3.10. The zero-order valence-electron chi connectivity index (χ0n) is 13.1. The number of aromatic nitrogens is 2. The SMILES string of the molecule is CCCCC(=O)N/N=C\c1c(O)n(Cc2ccco2)c(=O)[nH]c1=O. The average molecular weight is 334 g/mol. The summed E-state index contributed by atoms with van der Waals surface area (Å²) in [6.07, 6.45) is 4.33. The molecule has 0 bridgehead atoms. The van der Waals surface area contributed by atoms with Crippen LogP contribution in [-0.4, -0.2) is 26.8 Å². The molecule has 0 saturated heterocycles. The first kappa shape index (κ1) is 17.3. The summed E-state index contributed by atoms with van der Waals surface area (Å²) in [4.78, 5) is 37.2. The summed E-state index contributed by atoms with van der Waals surface area (Å²) in [7, 11) is 0. The fourth-order valence-electron chi connectivity index (χ4n) is 1.96. The monoisotopic (exact) mass is 334 g/mol. The number of hydrogen-bond donors (Lipinski definition) is 3. The molecule has 0 saturated carbocycles. The first-order valence-electron chi connectivity index (χ1n) is 7.43. The highest BCUT2D eigenvalue weighted by Gasteiger charge is 2.14. The van der Waals surface area contributed by atoms with Crippen molar-refractivity contribution >= 4 is 12.1 Å². The van der Waals surface area contributed by atoms with Crippen molar-refractivity contribution in [1.82, 2.24) is 15.0 Å². The first-order valence-corrected chi connectivity index (χ1v) is 7.43. The topological polar surface area (TPSA) is 130 Å². The fraction of sp³-hybridized carbons (Fsp3) is 0.333. The predicted molar refractivity (Wildman–Crippen MR) is 86.1 cm³/mol. The lowest BCUT2D eigenvalue weighted by molar-refractivity contribution is -0.121. The number of carbonyl (C=O) groups is 1. The summed E-state index contributed by atoms with van der Waals surface area (Å²) in [5, 5.41) is 13.8. The predicted octanol–water partition coefficient (Wildman–Crippen LogP) is 0.524. The van der Waals surface area contributed by atoms with Gasteiger partial charge in [0, 0.05) is 6.42 Å². The molecule has 9 nitrogen and oxygen atoms in total. The Morgan fingerprint density at radius 3 is 2.96 bits per heavy atom. The molecule has 2 heterocycles. The molecule has 0 radical (unpaired) electrons. The molecule has 1 amide bonds. The zero-order valence-corrected chi connectivity index (χ0v) is 13.1. The van der Waals surface area contributed by atoms with Crippen LogP contribution in [0.2, 0.25) is 0 Å². The maximum Gasteiger partial charge on any atom is 0.331 e. The summed E-state index contributed by atoms with van der Waals surface area (Å²) in [5.41, 5.74) is 0.436. The second kappa shape index (κ2) is 7.95. The summed E-state index contributed by atoms with van der Waals surface area (Å²) in [6, 6.07) is 3.26. The van der Waals surface area contributed by atoms with Crippen LogP contribution in [0.4, 0.5) is 0 Å². The minimum Gasteiger partial charge on any atom is -0.494 e. The zero-order chi connectivity index (χ0) is 17.5. The molecule has 0 fully saturated rings. The van der Waals surface area contributed by atoms with Crippen LogP contribution in [0.25, 0.3) is 0 Å². The Bertz CT molecular complexity index is 833. The van der Waals surface area contributed by atoms with E-state index in [0.29, 0.717) is 12.2 Å². The van der Waals surface area contributed by atoms with Gasteiger partial charge in [-0.1, -0.05) is 13.3 Å². The van der Waals surface area contributed by atoms with Crippen LogP contribution >= 0.6 is 0 Å². The van der Waals surface area contributed by atoms with E-state index < -0.39 is 17.1 Å². The molecular weight excluding hydrogens is 316 g/mol. The molecular formula is C15H18N4O5. The standard InChI is InChI=1S/C15H18N4O5/c1-2-3-6-12(20)18-16-8-11-13(21)17-15(23)19(14(11)22)9-10-5-4-7-24-10/h4-5,7-8,22H,2-3,6,9H2,1H3,(H,18,20)(H,17,21,23)/b16-8-. The van der Waals surface area contributed by atoms with Crippen LogP contribution in [0.1, 0.15) is 37.5 Å². The molecule has 2 aromatic rings. The third-order valence-corrected chi connectivity index (χ3v) is 3.24. The highest BCUT2D eigenvalue weighted by Crippen LogP contribution is 2.11. The minimum atomic E-state index is -0.806. The molecule has 0 atom stereocenters. The largest absolute Gasteiger partial charge is 0.494 e. The van der Waals surface area contributed by atoms with Crippen molar-refractivity contribution in [2.45, 2.75) is 32.7 Å². The lowest BCUT2D eigenvalue weighted by Gasteiger charge is -2.07. The van der Waals surface area contributed by atoms with Gasteiger partial charge in [-0.15, -0.1) is 0 Å².